The van der Waals surface area contributed by atoms with E-state index in [0.29, 0.717) is 31.7 Å². The van der Waals surface area contributed by atoms with Crippen LogP contribution in [0.1, 0.15) is 43.0 Å². The molecular formula is C19H27N3O2. The van der Waals surface area contributed by atoms with Gasteiger partial charge in [0.2, 0.25) is 5.91 Å². The van der Waals surface area contributed by atoms with Crippen LogP contribution in [0.3, 0.4) is 0 Å². The smallest absolute Gasteiger partial charge is 0.253 e. The second-order valence-corrected chi connectivity index (χ2v) is 7.29. The number of nitrogens with zero attached hydrogens (tertiary/aromatic N) is 2. The van der Waals surface area contributed by atoms with Gasteiger partial charge in [0.15, 0.2) is 0 Å². The van der Waals surface area contributed by atoms with E-state index in [0.717, 1.165) is 25.7 Å². The molecule has 0 radical (unpaired) electrons. The Labute approximate surface area is 143 Å². The Kier molecular flexibility index (Phi) is 4.90. The molecule has 2 N–H and O–H groups in total. The minimum absolute atomic E-state index is 0.0454. The van der Waals surface area contributed by atoms with E-state index in [4.69, 9.17) is 5.73 Å². The van der Waals surface area contributed by atoms with Crippen LogP contribution in [0.5, 0.6) is 0 Å². The number of rotatable bonds is 2. The van der Waals surface area contributed by atoms with Crippen molar-refractivity contribution >= 4 is 11.8 Å². The standard InChI is InChI=1S/C19H27N3O2/c1-19(20)10-6-5-9-16(19)18(24)22-13-11-21(12-14-22)17(23)15-7-3-2-4-8-15/h2-4,7-8,16H,5-6,9-14,20H2,1H3. The third-order valence-electron chi connectivity index (χ3n) is 5.45. The zero-order chi connectivity index (χ0) is 17.2. The summed E-state index contributed by atoms with van der Waals surface area (Å²) in [4.78, 5) is 29.1. The summed E-state index contributed by atoms with van der Waals surface area (Å²) in [5, 5.41) is 0. The van der Waals surface area contributed by atoms with Crippen molar-refractivity contribution in [3.05, 3.63) is 35.9 Å². The van der Waals surface area contributed by atoms with Crippen LogP contribution in [0, 0.1) is 5.92 Å². The van der Waals surface area contributed by atoms with Gasteiger partial charge >= 0.3 is 0 Å². The average molecular weight is 329 g/mol. The quantitative estimate of drug-likeness (QED) is 0.901. The molecule has 1 heterocycles. The van der Waals surface area contributed by atoms with E-state index in [1.807, 2.05) is 47.1 Å². The van der Waals surface area contributed by atoms with Crippen molar-refractivity contribution < 1.29 is 9.59 Å². The molecule has 0 aromatic heterocycles. The first kappa shape index (κ1) is 17.0. The third kappa shape index (κ3) is 3.46. The van der Waals surface area contributed by atoms with Gasteiger partial charge in [-0.2, -0.15) is 0 Å². The lowest BCUT2D eigenvalue weighted by Crippen LogP contribution is -2.57. The fraction of sp³-hybridized carbons (Fsp3) is 0.579. The maximum Gasteiger partial charge on any atom is 0.253 e. The normalized spacial score (nSPS) is 27.8. The van der Waals surface area contributed by atoms with Crippen LogP contribution in [0.25, 0.3) is 0 Å². The summed E-state index contributed by atoms with van der Waals surface area (Å²) < 4.78 is 0. The molecule has 1 saturated heterocycles. The lowest BCUT2D eigenvalue weighted by atomic mass is 9.74. The van der Waals surface area contributed by atoms with Gasteiger partial charge in [-0.3, -0.25) is 9.59 Å². The van der Waals surface area contributed by atoms with Crippen molar-refractivity contribution in [2.75, 3.05) is 26.2 Å². The van der Waals surface area contributed by atoms with Crippen LogP contribution in [0.2, 0.25) is 0 Å². The van der Waals surface area contributed by atoms with E-state index in [1.165, 1.54) is 0 Å². The summed E-state index contributed by atoms with van der Waals surface area (Å²) in [7, 11) is 0. The van der Waals surface area contributed by atoms with Crippen LogP contribution in [0.4, 0.5) is 0 Å². The molecule has 2 amide bonds. The fourth-order valence-corrected chi connectivity index (χ4v) is 3.88. The Morgan fingerprint density at radius 1 is 1.04 bits per heavy atom. The Bertz CT molecular complexity index is 592. The topological polar surface area (TPSA) is 66.6 Å². The lowest BCUT2D eigenvalue weighted by Gasteiger charge is -2.42. The van der Waals surface area contributed by atoms with Crippen molar-refractivity contribution in [2.24, 2.45) is 11.7 Å². The first-order valence-corrected chi connectivity index (χ1v) is 8.91. The summed E-state index contributed by atoms with van der Waals surface area (Å²) in [5.41, 5.74) is 6.68. The van der Waals surface area contributed by atoms with Crippen LogP contribution < -0.4 is 5.73 Å². The van der Waals surface area contributed by atoms with Crippen LogP contribution >= 0.6 is 0 Å². The van der Waals surface area contributed by atoms with Crippen molar-refractivity contribution in [3.8, 4) is 0 Å². The van der Waals surface area contributed by atoms with E-state index >= 15 is 0 Å². The molecule has 1 aromatic carbocycles. The molecule has 2 unspecified atom stereocenters. The Morgan fingerprint density at radius 3 is 2.29 bits per heavy atom. The highest BCUT2D eigenvalue weighted by Gasteiger charge is 2.40. The highest BCUT2D eigenvalue weighted by molar-refractivity contribution is 5.94. The van der Waals surface area contributed by atoms with Crippen LogP contribution in [0.15, 0.2) is 30.3 Å². The highest BCUT2D eigenvalue weighted by Crippen LogP contribution is 2.33. The minimum Gasteiger partial charge on any atom is -0.339 e. The number of nitrogens with two attached hydrogens (primary N) is 1. The van der Waals surface area contributed by atoms with Crippen LogP contribution in [-0.4, -0.2) is 53.3 Å². The third-order valence-corrected chi connectivity index (χ3v) is 5.45. The monoisotopic (exact) mass is 329 g/mol. The molecule has 2 aliphatic rings. The van der Waals surface area contributed by atoms with Gasteiger partial charge in [-0.25, -0.2) is 0 Å². The van der Waals surface area contributed by atoms with E-state index in [9.17, 15) is 9.59 Å². The number of hydrogen-bond acceptors (Lipinski definition) is 3. The first-order chi connectivity index (χ1) is 11.5. The molecule has 2 fully saturated rings. The summed E-state index contributed by atoms with van der Waals surface area (Å²) >= 11 is 0. The minimum atomic E-state index is -0.397. The average Bonchev–Trinajstić information content (AvgIpc) is 2.61. The van der Waals surface area contributed by atoms with Gasteiger partial charge in [-0.15, -0.1) is 0 Å². The maximum atomic E-state index is 12.9. The molecule has 1 aliphatic carbocycles. The SMILES string of the molecule is CC1(N)CCCCC1C(=O)N1CCN(C(=O)c2ccccc2)CC1. The molecule has 5 nitrogen and oxygen atoms in total. The van der Waals surface area contributed by atoms with E-state index in [2.05, 4.69) is 0 Å². The molecule has 24 heavy (non-hydrogen) atoms. The zero-order valence-corrected chi connectivity index (χ0v) is 14.4. The van der Waals surface area contributed by atoms with Crippen LogP contribution in [-0.2, 0) is 4.79 Å². The van der Waals surface area contributed by atoms with Gasteiger partial charge in [0.25, 0.3) is 5.91 Å². The molecule has 1 saturated carbocycles. The second kappa shape index (κ2) is 6.93. The Morgan fingerprint density at radius 2 is 1.67 bits per heavy atom. The molecule has 0 bridgehead atoms. The van der Waals surface area contributed by atoms with Crippen molar-refractivity contribution in [2.45, 2.75) is 38.1 Å². The number of amides is 2. The first-order valence-electron chi connectivity index (χ1n) is 8.91. The zero-order valence-electron chi connectivity index (χ0n) is 14.4. The highest BCUT2D eigenvalue weighted by atomic mass is 16.2. The van der Waals surface area contributed by atoms with Gasteiger partial charge in [0, 0.05) is 37.3 Å². The molecule has 2 atom stereocenters. The number of hydrogen-bond donors (Lipinski definition) is 1. The summed E-state index contributed by atoms with van der Waals surface area (Å²) in [6, 6.07) is 9.32. The number of carbonyl (C=O) groups is 2. The molecule has 1 aliphatic heterocycles. The van der Waals surface area contributed by atoms with Gasteiger partial charge in [-0.1, -0.05) is 31.0 Å². The van der Waals surface area contributed by atoms with Crippen molar-refractivity contribution in [1.82, 2.24) is 9.80 Å². The van der Waals surface area contributed by atoms with Gasteiger partial charge in [0.1, 0.15) is 0 Å². The number of carbonyl (C=O) groups excluding carboxylic acids is 2. The number of benzene rings is 1. The molecular weight excluding hydrogens is 302 g/mol. The Balaban J connectivity index is 1.59. The molecule has 1 aromatic rings. The van der Waals surface area contributed by atoms with Gasteiger partial charge < -0.3 is 15.5 Å². The Hall–Kier alpha value is -1.88. The maximum absolute atomic E-state index is 12.9. The van der Waals surface area contributed by atoms with Crippen molar-refractivity contribution in [1.29, 1.82) is 0 Å². The summed E-state index contributed by atoms with van der Waals surface area (Å²) in [6.45, 7) is 4.39. The summed E-state index contributed by atoms with van der Waals surface area (Å²) in [5.74, 6) is 0.137. The molecule has 0 spiro atoms. The predicted molar refractivity (Wildman–Crippen MR) is 93.5 cm³/mol. The predicted octanol–water partition coefficient (Wildman–Crippen LogP) is 1.88. The van der Waals surface area contributed by atoms with Gasteiger partial charge in [-0.05, 0) is 31.9 Å². The second-order valence-electron chi connectivity index (χ2n) is 7.29. The van der Waals surface area contributed by atoms with E-state index in [1.54, 1.807) is 0 Å². The fourth-order valence-electron chi connectivity index (χ4n) is 3.88. The number of piperazine rings is 1. The summed E-state index contributed by atoms with van der Waals surface area (Å²) in [6.07, 6.45) is 3.98. The molecule has 5 heteroatoms. The van der Waals surface area contributed by atoms with E-state index in [-0.39, 0.29) is 17.7 Å². The molecule has 130 valence electrons. The van der Waals surface area contributed by atoms with Gasteiger partial charge in [0.05, 0.1) is 5.92 Å². The van der Waals surface area contributed by atoms with E-state index < -0.39 is 5.54 Å². The lowest BCUT2D eigenvalue weighted by molar-refractivity contribution is -0.140. The largest absolute Gasteiger partial charge is 0.339 e. The molecule has 3 rings (SSSR count). The van der Waals surface area contributed by atoms with Crippen molar-refractivity contribution in [3.63, 3.8) is 0 Å².